The van der Waals surface area contributed by atoms with Crippen molar-refractivity contribution in [1.29, 1.82) is 0 Å². The number of benzene rings is 2. The molecule has 0 saturated heterocycles. The van der Waals surface area contributed by atoms with Gasteiger partial charge in [-0.05, 0) is 49.9 Å². The zero-order valence-corrected chi connectivity index (χ0v) is 16.6. The van der Waals surface area contributed by atoms with E-state index in [-0.39, 0.29) is 11.7 Å². The number of amides is 1. The third kappa shape index (κ3) is 4.33. The van der Waals surface area contributed by atoms with Gasteiger partial charge in [0, 0.05) is 12.2 Å². The molecule has 0 atom stereocenters. The molecule has 1 saturated carbocycles. The zero-order chi connectivity index (χ0) is 19.5. The summed E-state index contributed by atoms with van der Waals surface area (Å²) in [4.78, 5) is 12.9. The quantitative estimate of drug-likeness (QED) is 0.765. The van der Waals surface area contributed by atoms with Crippen molar-refractivity contribution in [2.75, 3.05) is 10.5 Å². The summed E-state index contributed by atoms with van der Waals surface area (Å²) in [5.74, 6) is 0.0669. The minimum atomic E-state index is -3.30. The van der Waals surface area contributed by atoms with Crippen LogP contribution in [0.2, 0.25) is 0 Å². The summed E-state index contributed by atoms with van der Waals surface area (Å²) in [6.45, 7) is 4.14. The van der Waals surface area contributed by atoms with E-state index in [0.717, 1.165) is 30.4 Å². The summed E-state index contributed by atoms with van der Waals surface area (Å²) < 4.78 is 25.9. The van der Waals surface area contributed by atoms with Crippen LogP contribution in [-0.2, 0) is 26.8 Å². The van der Waals surface area contributed by atoms with Gasteiger partial charge in [0.05, 0.1) is 11.2 Å². The van der Waals surface area contributed by atoms with Crippen LogP contribution in [0.25, 0.3) is 0 Å². The van der Waals surface area contributed by atoms with E-state index in [2.05, 4.69) is 16.1 Å². The van der Waals surface area contributed by atoms with Gasteiger partial charge in [-0.1, -0.05) is 48.4 Å². The molecule has 3 rings (SSSR count). The minimum absolute atomic E-state index is 0.0278. The number of hydrogen-bond donors (Lipinski definition) is 2. The molecule has 1 amide bonds. The van der Waals surface area contributed by atoms with Crippen molar-refractivity contribution >= 4 is 21.6 Å². The average molecular weight is 387 g/mol. The summed E-state index contributed by atoms with van der Waals surface area (Å²) in [5, 5.41) is 3.08. The Kier molecular flexibility index (Phi) is 5.56. The monoisotopic (exact) mass is 386 g/mol. The van der Waals surface area contributed by atoms with E-state index >= 15 is 0 Å². The number of nitrogens with one attached hydrogen (secondary N) is 2. The predicted molar refractivity (Wildman–Crippen MR) is 108 cm³/mol. The highest BCUT2D eigenvalue weighted by Gasteiger charge is 2.45. The molecule has 2 aromatic rings. The Morgan fingerprint density at radius 3 is 2.37 bits per heavy atom. The number of hydrogen-bond acceptors (Lipinski definition) is 3. The van der Waals surface area contributed by atoms with E-state index in [9.17, 15) is 13.2 Å². The van der Waals surface area contributed by atoms with Gasteiger partial charge in [-0.3, -0.25) is 9.52 Å². The molecule has 1 aliphatic carbocycles. The largest absolute Gasteiger partial charge is 0.351 e. The highest BCUT2D eigenvalue weighted by atomic mass is 32.2. The first kappa shape index (κ1) is 19.4. The lowest BCUT2D eigenvalue weighted by Gasteiger charge is -2.40. The second-order valence-electron chi connectivity index (χ2n) is 7.19. The summed E-state index contributed by atoms with van der Waals surface area (Å²) >= 11 is 0. The van der Waals surface area contributed by atoms with Crippen LogP contribution in [0.3, 0.4) is 0 Å². The Bertz CT molecular complexity index is 917. The topological polar surface area (TPSA) is 75.3 Å². The zero-order valence-electron chi connectivity index (χ0n) is 15.8. The number of carbonyl (C=O) groups is 1. The van der Waals surface area contributed by atoms with Crippen molar-refractivity contribution in [1.82, 2.24) is 5.32 Å². The van der Waals surface area contributed by atoms with Crippen LogP contribution in [0.1, 0.15) is 42.9 Å². The highest BCUT2D eigenvalue weighted by Crippen LogP contribution is 2.44. The maximum atomic E-state index is 12.9. The first-order valence-corrected chi connectivity index (χ1v) is 10.9. The Balaban J connectivity index is 1.72. The minimum Gasteiger partial charge on any atom is -0.351 e. The summed E-state index contributed by atoms with van der Waals surface area (Å²) in [7, 11) is -3.30. The summed E-state index contributed by atoms with van der Waals surface area (Å²) in [6, 6.07) is 15.3. The smallest absolute Gasteiger partial charge is 0.232 e. The Labute approximate surface area is 161 Å². The SMILES string of the molecule is CCS(=O)(=O)Nc1ccc(C2(C(=O)NCc3cccc(C)c3)CCC2)cc1. The van der Waals surface area contributed by atoms with Crippen LogP contribution in [0, 0.1) is 6.92 Å². The molecule has 1 aliphatic rings. The molecule has 0 radical (unpaired) electrons. The maximum absolute atomic E-state index is 12.9. The second-order valence-corrected chi connectivity index (χ2v) is 9.20. The number of rotatable bonds is 7. The van der Waals surface area contributed by atoms with Gasteiger partial charge >= 0.3 is 0 Å². The first-order valence-electron chi connectivity index (χ1n) is 9.29. The molecule has 2 aromatic carbocycles. The number of sulfonamides is 1. The normalized spacial score (nSPS) is 15.6. The lowest BCUT2D eigenvalue weighted by molar-refractivity contribution is -0.130. The fourth-order valence-electron chi connectivity index (χ4n) is 3.46. The molecule has 27 heavy (non-hydrogen) atoms. The van der Waals surface area contributed by atoms with Gasteiger partial charge in [-0.15, -0.1) is 0 Å². The lowest BCUT2D eigenvalue weighted by Crippen LogP contribution is -2.49. The van der Waals surface area contributed by atoms with Crippen molar-refractivity contribution < 1.29 is 13.2 Å². The molecule has 0 aromatic heterocycles. The molecule has 5 nitrogen and oxygen atoms in total. The van der Waals surface area contributed by atoms with E-state index in [1.807, 2.05) is 37.3 Å². The van der Waals surface area contributed by atoms with Crippen LogP contribution in [0.4, 0.5) is 5.69 Å². The van der Waals surface area contributed by atoms with Crippen LogP contribution in [-0.4, -0.2) is 20.1 Å². The third-order valence-corrected chi connectivity index (χ3v) is 6.57. The van der Waals surface area contributed by atoms with Crippen LogP contribution >= 0.6 is 0 Å². The van der Waals surface area contributed by atoms with Crippen molar-refractivity contribution in [2.24, 2.45) is 0 Å². The highest BCUT2D eigenvalue weighted by molar-refractivity contribution is 7.92. The first-order chi connectivity index (χ1) is 12.8. The molecular formula is C21H26N2O3S. The van der Waals surface area contributed by atoms with E-state index in [4.69, 9.17) is 0 Å². The summed E-state index contributed by atoms with van der Waals surface area (Å²) in [5.41, 5.74) is 3.21. The fraction of sp³-hybridized carbons (Fsp3) is 0.381. The van der Waals surface area contributed by atoms with E-state index in [1.54, 1.807) is 19.1 Å². The van der Waals surface area contributed by atoms with Crippen LogP contribution in [0.15, 0.2) is 48.5 Å². The molecule has 0 aliphatic heterocycles. The van der Waals surface area contributed by atoms with Crippen molar-refractivity contribution in [3.05, 3.63) is 65.2 Å². The number of carbonyl (C=O) groups excluding carboxylic acids is 1. The Morgan fingerprint density at radius 1 is 1.11 bits per heavy atom. The molecule has 0 spiro atoms. The van der Waals surface area contributed by atoms with Gasteiger partial charge in [-0.2, -0.15) is 0 Å². The van der Waals surface area contributed by atoms with E-state index in [1.165, 1.54) is 5.56 Å². The van der Waals surface area contributed by atoms with Crippen LogP contribution in [0.5, 0.6) is 0 Å². The molecule has 1 fully saturated rings. The van der Waals surface area contributed by atoms with Gasteiger partial charge in [0.25, 0.3) is 0 Å². The summed E-state index contributed by atoms with van der Waals surface area (Å²) in [6.07, 6.45) is 2.64. The number of anilines is 1. The molecular weight excluding hydrogens is 360 g/mol. The molecule has 0 heterocycles. The van der Waals surface area contributed by atoms with Crippen LogP contribution < -0.4 is 10.0 Å². The van der Waals surface area contributed by atoms with E-state index < -0.39 is 15.4 Å². The Hall–Kier alpha value is -2.34. The maximum Gasteiger partial charge on any atom is 0.232 e. The molecule has 2 N–H and O–H groups in total. The van der Waals surface area contributed by atoms with Gasteiger partial charge in [0.1, 0.15) is 0 Å². The predicted octanol–water partition coefficient (Wildman–Crippen LogP) is 3.49. The van der Waals surface area contributed by atoms with Crippen molar-refractivity contribution in [3.63, 3.8) is 0 Å². The molecule has 6 heteroatoms. The van der Waals surface area contributed by atoms with E-state index in [0.29, 0.717) is 12.2 Å². The molecule has 0 bridgehead atoms. The van der Waals surface area contributed by atoms with Gasteiger partial charge in [0.2, 0.25) is 15.9 Å². The van der Waals surface area contributed by atoms with Gasteiger partial charge in [0.15, 0.2) is 0 Å². The molecule has 144 valence electrons. The van der Waals surface area contributed by atoms with Crippen molar-refractivity contribution in [2.45, 2.75) is 45.1 Å². The lowest BCUT2D eigenvalue weighted by atomic mass is 9.63. The third-order valence-electron chi connectivity index (χ3n) is 5.27. The standard InChI is InChI=1S/C21H26N2O3S/c1-3-27(25,26)23-19-10-8-18(9-11-19)21(12-5-13-21)20(24)22-15-17-7-4-6-16(2)14-17/h4,6-11,14,23H,3,5,12-13,15H2,1-2H3,(H,22,24). The van der Waals surface area contributed by atoms with Gasteiger partial charge in [-0.25, -0.2) is 8.42 Å². The molecule has 0 unspecified atom stereocenters. The number of aryl methyl sites for hydroxylation is 1. The van der Waals surface area contributed by atoms with Gasteiger partial charge < -0.3 is 5.32 Å². The average Bonchev–Trinajstić information content (AvgIpc) is 2.60. The second kappa shape index (κ2) is 7.72. The van der Waals surface area contributed by atoms with Crippen molar-refractivity contribution in [3.8, 4) is 0 Å². The Morgan fingerprint density at radius 2 is 1.81 bits per heavy atom. The fourth-order valence-corrected chi connectivity index (χ4v) is 4.10.